The van der Waals surface area contributed by atoms with Crippen molar-refractivity contribution >= 4 is 5.97 Å². The molecule has 1 aromatic rings. The van der Waals surface area contributed by atoms with Crippen molar-refractivity contribution < 1.29 is 9.53 Å². The van der Waals surface area contributed by atoms with Crippen molar-refractivity contribution in [1.29, 1.82) is 0 Å². The molecule has 0 spiro atoms. The van der Waals surface area contributed by atoms with Crippen molar-refractivity contribution in [2.45, 2.75) is 19.9 Å². The number of hydrogen-bond acceptors (Lipinski definition) is 4. The number of nitrogens with zero attached hydrogens (tertiary/aromatic N) is 2. The molecule has 0 fully saturated rings. The zero-order valence-electron chi connectivity index (χ0n) is 9.19. The molecule has 5 heteroatoms. The molecule has 0 amide bonds. The highest BCUT2D eigenvalue weighted by atomic mass is 16.5. The van der Waals surface area contributed by atoms with Gasteiger partial charge < -0.3 is 10.1 Å². The molecule has 0 atom stereocenters. The van der Waals surface area contributed by atoms with Crippen LogP contribution in [0.3, 0.4) is 0 Å². The van der Waals surface area contributed by atoms with E-state index in [1.807, 2.05) is 13.2 Å². The van der Waals surface area contributed by atoms with Gasteiger partial charge in [0.25, 0.3) is 0 Å². The van der Waals surface area contributed by atoms with E-state index in [1.165, 1.54) is 0 Å². The molecule has 5 nitrogen and oxygen atoms in total. The summed E-state index contributed by atoms with van der Waals surface area (Å²) in [4.78, 5) is 11.0. The lowest BCUT2D eigenvalue weighted by Gasteiger charge is -2.02. The Balaban J connectivity index is 2.09. The zero-order valence-corrected chi connectivity index (χ0v) is 9.19. The summed E-state index contributed by atoms with van der Waals surface area (Å²) in [6, 6.07) is 0. The summed E-state index contributed by atoms with van der Waals surface area (Å²) in [5, 5.41) is 7.20. The van der Waals surface area contributed by atoms with Crippen LogP contribution in [-0.4, -0.2) is 28.9 Å². The van der Waals surface area contributed by atoms with Crippen LogP contribution in [0.25, 0.3) is 0 Å². The highest BCUT2D eigenvalue weighted by molar-refractivity contribution is 5.69. The first-order chi connectivity index (χ1) is 7.22. The van der Waals surface area contributed by atoms with Crippen LogP contribution in [0, 0.1) is 0 Å². The first-order valence-corrected chi connectivity index (χ1v) is 5.06. The summed E-state index contributed by atoms with van der Waals surface area (Å²) < 4.78 is 6.56. The Morgan fingerprint density at radius 3 is 3.07 bits per heavy atom. The fraction of sp³-hybridized carbons (Fsp3) is 0.600. The van der Waals surface area contributed by atoms with Gasteiger partial charge in [0.1, 0.15) is 0 Å². The lowest BCUT2D eigenvalue weighted by Crippen LogP contribution is -2.18. The van der Waals surface area contributed by atoms with Gasteiger partial charge in [-0.15, -0.1) is 0 Å². The van der Waals surface area contributed by atoms with Crippen molar-refractivity contribution in [3.63, 3.8) is 0 Å². The maximum Gasteiger partial charge on any atom is 0.307 e. The molecule has 0 saturated carbocycles. The molecule has 0 aromatic carbocycles. The van der Waals surface area contributed by atoms with E-state index in [-0.39, 0.29) is 5.97 Å². The first-order valence-electron chi connectivity index (χ1n) is 5.06. The number of rotatable bonds is 6. The van der Waals surface area contributed by atoms with Crippen molar-refractivity contribution in [3.05, 3.63) is 18.0 Å². The highest BCUT2D eigenvalue weighted by Crippen LogP contribution is 1.94. The lowest BCUT2D eigenvalue weighted by molar-refractivity contribution is -0.142. The fourth-order valence-corrected chi connectivity index (χ4v) is 1.22. The maximum atomic E-state index is 11.0. The van der Waals surface area contributed by atoms with Gasteiger partial charge in [-0.05, 0) is 6.92 Å². The predicted octanol–water partition coefficient (Wildman–Crippen LogP) is 0.463. The van der Waals surface area contributed by atoms with E-state index in [2.05, 4.69) is 10.4 Å². The predicted molar refractivity (Wildman–Crippen MR) is 56.2 cm³/mol. The fourth-order valence-electron chi connectivity index (χ4n) is 1.22. The minimum atomic E-state index is -0.156. The molecule has 1 N–H and O–H groups in total. The largest absolute Gasteiger partial charge is 0.466 e. The molecule has 0 aliphatic heterocycles. The van der Waals surface area contributed by atoms with Crippen LogP contribution in [0.5, 0.6) is 0 Å². The van der Waals surface area contributed by atoms with E-state index in [0.717, 1.165) is 12.1 Å². The van der Waals surface area contributed by atoms with Crippen LogP contribution in [0.4, 0.5) is 0 Å². The molecule has 0 aliphatic carbocycles. The van der Waals surface area contributed by atoms with E-state index in [1.54, 1.807) is 17.8 Å². The number of aromatic nitrogens is 2. The summed E-state index contributed by atoms with van der Waals surface area (Å²) in [6.45, 7) is 3.61. The Morgan fingerprint density at radius 1 is 1.67 bits per heavy atom. The average Bonchev–Trinajstić information content (AvgIpc) is 2.60. The number of hydrogen-bond donors (Lipinski definition) is 1. The number of esters is 1. The molecule has 0 aliphatic rings. The monoisotopic (exact) mass is 211 g/mol. The Hall–Kier alpha value is -1.36. The number of carbonyl (C=O) groups is 1. The van der Waals surface area contributed by atoms with E-state index < -0.39 is 0 Å². The number of nitrogens with one attached hydrogen (secondary N) is 1. The van der Waals surface area contributed by atoms with Gasteiger partial charge in [0.05, 0.1) is 19.2 Å². The second-order valence-electron chi connectivity index (χ2n) is 3.25. The quantitative estimate of drug-likeness (QED) is 0.548. The molecule has 84 valence electrons. The summed E-state index contributed by atoms with van der Waals surface area (Å²) in [5.41, 5.74) is 1.11. The minimum absolute atomic E-state index is 0.156. The van der Waals surface area contributed by atoms with Gasteiger partial charge in [-0.25, -0.2) is 0 Å². The minimum Gasteiger partial charge on any atom is -0.466 e. The topological polar surface area (TPSA) is 56.1 Å². The van der Waals surface area contributed by atoms with Crippen LogP contribution in [0.1, 0.15) is 18.9 Å². The highest BCUT2D eigenvalue weighted by Gasteiger charge is 2.00. The summed E-state index contributed by atoms with van der Waals surface area (Å²) in [7, 11) is 1.88. The van der Waals surface area contributed by atoms with Crippen molar-refractivity contribution in [2.75, 3.05) is 13.2 Å². The lowest BCUT2D eigenvalue weighted by atomic mass is 10.3. The SMILES string of the molecule is CCOC(=O)CCNCc1cnn(C)c1. The normalized spacial score (nSPS) is 10.3. The second-order valence-corrected chi connectivity index (χ2v) is 3.25. The van der Waals surface area contributed by atoms with Gasteiger partial charge in [0.15, 0.2) is 0 Å². The van der Waals surface area contributed by atoms with Gasteiger partial charge in [-0.1, -0.05) is 0 Å². The third-order valence-corrected chi connectivity index (χ3v) is 1.90. The Morgan fingerprint density at radius 2 is 2.47 bits per heavy atom. The van der Waals surface area contributed by atoms with Crippen molar-refractivity contribution in [3.8, 4) is 0 Å². The molecule has 1 rings (SSSR count). The number of ether oxygens (including phenoxy) is 1. The molecule has 15 heavy (non-hydrogen) atoms. The Labute approximate surface area is 89.4 Å². The number of aryl methyl sites for hydroxylation is 1. The summed E-state index contributed by atoms with van der Waals surface area (Å²) in [6.07, 6.45) is 4.16. The second kappa shape index (κ2) is 6.19. The maximum absolute atomic E-state index is 11.0. The van der Waals surface area contributed by atoms with Crippen LogP contribution >= 0.6 is 0 Å². The third-order valence-electron chi connectivity index (χ3n) is 1.90. The van der Waals surface area contributed by atoms with E-state index in [0.29, 0.717) is 19.6 Å². The summed E-state index contributed by atoms with van der Waals surface area (Å²) >= 11 is 0. The molecule has 0 unspecified atom stereocenters. The standard InChI is InChI=1S/C10H17N3O2/c1-3-15-10(14)4-5-11-6-9-7-12-13(2)8-9/h7-8,11H,3-6H2,1-2H3. The zero-order chi connectivity index (χ0) is 11.1. The smallest absolute Gasteiger partial charge is 0.307 e. The van der Waals surface area contributed by atoms with Crippen LogP contribution in [0.2, 0.25) is 0 Å². The Kier molecular flexibility index (Phi) is 4.83. The van der Waals surface area contributed by atoms with Gasteiger partial charge in [0, 0.05) is 31.9 Å². The van der Waals surface area contributed by atoms with Crippen LogP contribution in [-0.2, 0) is 23.1 Å². The van der Waals surface area contributed by atoms with Crippen LogP contribution < -0.4 is 5.32 Å². The molecule has 1 aromatic heterocycles. The summed E-state index contributed by atoms with van der Waals surface area (Å²) in [5.74, 6) is -0.156. The van der Waals surface area contributed by atoms with Gasteiger partial charge in [-0.3, -0.25) is 9.48 Å². The molecule has 1 heterocycles. The molecular weight excluding hydrogens is 194 g/mol. The van der Waals surface area contributed by atoms with E-state index in [9.17, 15) is 4.79 Å². The Bertz CT molecular complexity index is 309. The average molecular weight is 211 g/mol. The first kappa shape index (κ1) is 11.7. The van der Waals surface area contributed by atoms with E-state index in [4.69, 9.17) is 4.74 Å². The molecular formula is C10H17N3O2. The van der Waals surface area contributed by atoms with Gasteiger partial charge >= 0.3 is 5.97 Å². The van der Waals surface area contributed by atoms with Crippen molar-refractivity contribution in [2.24, 2.45) is 7.05 Å². The third kappa shape index (κ3) is 4.60. The van der Waals surface area contributed by atoms with Gasteiger partial charge in [0.2, 0.25) is 0 Å². The molecule has 0 radical (unpaired) electrons. The molecule has 0 bridgehead atoms. The van der Waals surface area contributed by atoms with E-state index >= 15 is 0 Å². The molecule has 0 saturated heterocycles. The van der Waals surface area contributed by atoms with Crippen LogP contribution in [0.15, 0.2) is 12.4 Å². The van der Waals surface area contributed by atoms with Crippen molar-refractivity contribution in [1.82, 2.24) is 15.1 Å². The van der Waals surface area contributed by atoms with Gasteiger partial charge in [-0.2, -0.15) is 5.10 Å². The number of carbonyl (C=O) groups excluding carboxylic acids is 1.